The van der Waals surface area contributed by atoms with Crippen molar-refractivity contribution in [3.63, 3.8) is 0 Å². The summed E-state index contributed by atoms with van der Waals surface area (Å²) >= 11 is 3.45. The van der Waals surface area contributed by atoms with E-state index in [4.69, 9.17) is 4.74 Å². The Balaban J connectivity index is 2.24. The summed E-state index contributed by atoms with van der Waals surface area (Å²) in [6, 6.07) is 8.79. The molecule has 2 aromatic rings. The third-order valence-electron chi connectivity index (χ3n) is 3.64. The minimum atomic E-state index is -0.211. The Hall–Kier alpha value is -2.14. The summed E-state index contributed by atoms with van der Waals surface area (Å²) in [5.74, 6) is 0.545. The number of amides is 1. The molecule has 0 aliphatic rings. The van der Waals surface area contributed by atoms with E-state index in [2.05, 4.69) is 21.2 Å². The summed E-state index contributed by atoms with van der Waals surface area (Å²) < 4.78 is 6.31. The van der Waals surface area contributed by atoms with E-state index in [0.717, 1.165) is 21.3 Å². The van der Waals surface area contributed by atoms with Crippen LogP contribution in [0.1, 0.15) is 45.7 Å². The monoisotopic (exact) mass is 389 g/mol. The molecule has 126 valence electrons. The third-order valence-corrected chi connectivity index (χ3v) is 4.23. The van der Waals surface area contributed by atoms with Crippen LogP contribution in [0.5, 0.6) is 5.75 Å². The quantitative estimate of drug-likeness (QED) is 0.738. The second kappa shape index (κ2) is 7.62. The lowest BCUT2D eigenvalue weighted by atomic mass is 10.0. The van der Waals surface area contributed by atoms with E-state index in [1.165, 1.54) is 6.92 Å². The Morgan fingerprint density at radius 3 is 2.38 bits per heavy atom. The van der Waals surface area contributed by atoms with Crippen LogP contribution < -0.4 is 10.1 Å². The number of nitrogens with one attached hydrogen (secondary N) is 1. The Morgan fingerprint density at radius 1 is 1.12 bits per heavy atom. The van der Waals surface area contributed by atoms with Gasteiger partial charge in [0.05, 0.1) is 11.1 Å². The third kappa shape index (κ3) is 4.03. The van der Waals surface area contributed by atoms with Gasteiger partial charge in [-0.25, -0.2) is 0 Å². The number of carbonyl (C=O) groups excluding carboxylic acids is 2. The van der Waals surface area contributed by atoms with Gasteiger partial charge in [0.25, 0.3) is 5.91 Å². The number of hydrogen-bond acceptors (Lipinski definition) is 3. The summed E-state index contributed by atoms with van der Waals surface area (Å²) in [6.45, 7) is 7.76. The van der Waals surface area contributed by atoms with Crippen LogP contribution in [-0.4, -0.2) is 18.3 Å². The Morgan fingerprint density at radius 2 is 1.83 bits per heavy atom. The summed E-state index contributed by atoms with van der Waals surface area (Å²) in [4.78, 5) is 24.0. The highest BCUT2D eigenvalue weighted by molar-refractivity contribution is 9.10. The number of carbonyl (C=O) groups is 2. The van der Waals surface area contributed by atoms with E-state index in [0.29, 0.717) is 23.4 Å². The lowest BCUT2D eigenvalue weighted by Crippen LogP contribution is -2.13. The minimum absolute atomic E-state index is 0.0106. The van der Waals surface area contributed by atoms with Crippen molar-refractivity contribution in [3.05, 3.63) is 57.1 Å². The smallest absolute Gasteiger partial charge is 0.255 e. The normalized spacial score (nSPS) is 10.4. The highest BCUT2D eigenvalue weighted by atomic mass is 79.9. The van der Waals surface area contributed by atoms with Gasteiger partial charge < -0.3 is 10.1 Å². The number of ketones is 1. The fourth-order valence-corrected chi connectivity index (χ4v) is 3.20. The Kier molecular flexibility index (Phi) is 5.78. The van der Waals surface area contributed by atoms with E-state index in [9.17, 15) is 9.59 Å². The molecule has 1 amide bonds. The van der Waals surface area contributed by atoms with E-state index in [1.807, 2.05) is 20.8 Å². The average molecular weight is 390 g/mol. The zero-order valence-corrected chi connectivity index (χ0v) is 15.8. The van der Waals surface area contributed by atoms with Gasteiger partial charge in [0.1, 0.15) is 5.75 Å². The molecule has 0 aliphatic carbocycles. The van der Waals surface area contributed by atoms with Gasteiger partial charge in [0.15, 0.2) is 5.78 Å². The van der Waals surface area contributed by atoms with Crippen molar-refractivity contribution in [2.75, 3.05) is 11.9 Å². The van der Waals surface area contributed by atoms with E-state index in [1.54, 1.807) is 30.3 Å². The Bertz CT molecular complexity index is 776. The van der Waals surface area contributed by atoms with Crippen LogP contribution in [0.3, 0.4) is 0 Å². The molecule has 0 aliphatic heterocycles. The topological polar surface area (TPSA) is 55.4 Å². The maximum atomic E-state index is 12.5. The van der Waals surface area contributed by atoms with Gasteiger partial charge in [0.2, 0.25) is 0 Å². The van der Waals surface area contributed by atoms with Crippen molar-refractivity contribution in [3.8, 4) is 5.75 Å². The molecule has 0 spiro atoms. The van der Waals surface area contributed by atoms with Crippen molar-refractivity contribution < 1.29 is 14.3 Å². The van der Waals surface area contributed by atoms with Crippen LogP contribution in [0.25, 0.3) is 0 Å². The molecular weight excluding hydrogens is 370 g/mol. The zero-order valence-electron chi connectivity index (χ0n) is 14.2. The van der Waals surface area contributed by atoms with Crippen LogP contribution >= 0.6 is 15.9 Å². The SMILES string of the molecule is CCOc1c(C)cc(C(=O)Nc2ccc(C(C)=O)c(C)c2)cc1Br. The van der Waals surface area contributed by atoms with Crippen molar-refractivity contribution in [1.29, 1.82) is 0 Å². The standard InChI is InChI=1S/C19H20BrNO3/c1-5-24-18-12(3)8-14(10-17(18)20)19(23)21-15-6-7-16(13(4)22)11(2)9-15/h6-10H,5H2,1-4H3,(H,21,23). The molecule has 24 heavy (non-hydrogen) atoms. The average Bonchev–Trinajstić information content (AvgIpc) is 2.50. The summed E-state index contributed by atoms with van der Waals surface area (Å²) in [6.07, 6.45) is 0. The molecule has 0 fully saturated rings. The lowest BCUT2D eigenvalue weighted by molar-refractivity contribution is 0.101. The molecule has 0 saturated heterocycles. The number of halogens is 1. The first-order valence-corrected chi connectivity index (χ1v) is 8.48. The molecule has 0 aromatic heterocycles. The van der Waals surface area contributed by atoms with Crippen molar-refractivity contribution in [2.45, 2.75) is 27.7 Å². The van der Waals surface area contributed by atoms with Gasteiger partial charge in [-0.15, -0.1) is 0 Å². The second-order valence-corrected chi connectivity index (χ2v) is 6.43. The highest BCUT2D eigenvalue weighted by Crippen LogP contribution is 2.30. The molecule has 4 nitrogen and oxygen atoms in total. The molecule has 0 bridgehead atoms. The van der Waals surface area contributed by atoms with Crippen LogP contribution in [0.15, 0.2) is 34.8 Å². The number of ether oxygens (including phenoxy) is 1. The van der Waals surface area contributed by atoms with E-state index in [-0.39, 0.29) is 11.7 Å². The van der Waals surface area contributed by atoms with E-state index < -0.39 is 0 Å². The number of benzene rings is 2. The number of rotatable bonds is 5. The molecule has 0 saturated carbocycles. The Labute approximate surface area is 150 Å². The van der Waals surface area contributed by atoms with Crippen LogP contribution in [-0.2, 0) is 0 Å². The highest BCUT2D eigenvalue weighted by Gasteiger charge is 2.13. The molecule has 0 unspecified atom stereocenters. The van der Waals surface area contributed by atoms with Gasteiger partial charge in [-0.2, -0.15) is 0 Å². The molecular formula is C19H20BrNO3. The zero-order chi connectivity index (χ0) is 17.9. The molecule has 2 aromatic carbocycles. The van der Waals surface area contributed by atoms with Gasteiger partial charge >= 0.3 is 0 Å². The van der Waals surface area contributed by atoms with Crippen LogP contribution in [0.4, 0.5) is 5.69 Å². The van der Waals surface area contributed by atoms with Gasteiger partial charge in [-0.1, -0.05) is 0 Å². The first-order valence-electron chi connectivity index (χ1n) is 7.69. The minimum Gasteiger partial charge on any atom is -0.492 e. The predicted octanol–water partition coefficient (Wildman–Crippen LogP) is 4.92. The fourth-order valence-electron chi connectivity index (χ4n) is 2.53. The summed E-state index contributed by atoms with van der Waals surface area (Å²) in [5.41, 5.74) is 3.58. The van der Waals surface area contributed by atoms with E-state index >= 15 is 0 Å². The summed E-state index contributed by atoms with van der Waals surface area (Å²) in [7, 11) is 0. The first kappa shape index (κ1) is 18.2. The summed E-state index contributed by atoms with van der Waals surface area (Å²) in [5, 5.41) is 2.86. The van der Waals surface area contributed by atoms with Gasteiger partial charge in [-0.05, 0) is 85.1 Å². The van der Waals surface area contributed by atoms with Crippen LogP contribution in [0, 0.1) is 13.8 Å². The molecule has 5 heteroatoms. The molecule has 0 heterocycles. The molecule has 2 rings (SSSR count). The van der Waals surface area contributed by atoms with Gasteiger partial charge in [0, 0.05) is 16.8 Å². The first-order chi connectivity index (χ1) is 11.3. The van der Waals surface area contributed by atoms with Crippen molar-refractivity contribution in [1.82, 2.24) is 0 Å². The lowest BCUT2D eigenvalue weighted by Gasteiger charge is -2.12. The maximum absolute atomic E-state index is 12.5. The van der Waals surface area contributed by atoms with Crippen LogP contribution in [0.2, 0.25) is 0 Å². The largest absolute Gasteiger partial charge is 0.492 e. The van der Waals surface area contributed by atoms with Gasteiger partial charge in [-0.3, -0.25) is 9.59 Å². The van der Waals surface area contributed by atoms with Crippen molar-refractivity contribution >= 4 is 33.3 Å². The molecule has 0 radical (unpaired) electrons. The number of aryl methyl sites for hydroxylation is 2. The molecule has 1 N–H and O–H groups in total. The predicted molar refractivity (Wildman–Crippen MR) is 99.2 cm³/mol. The second-order valence-electron chi connectivity index (χ2n) is 5.58. The fraction of sp³-hybridized carbons (Fsp3) is 0.263. The van der Waals surface area contributed by atoms with Crippen molar-refractivity contribution in [2.24, 2.45) is 0 Å². The number of Topliss-reactive ketones (excluding diaryl/α,β-unsaturated/α-hetero) is 1. The maximum Gasteiger partial charge on any atom is 0.255 e. The molecule has 0 atom stereocenters. The number of hydrogen-bond donors (Lipinski definition) is 1. The number of anilines is 1.